The molecule has 1 amide bonds. The number of aryl methyl sites for hydroxylation is 1. The number of hydrogen-bond acceptors (Lipinski definition) is 4. The SMILES string of the molecule is CC(N)CCC(=O)Nc1ccc2oc(=O)n(C)c2c1. The summed E-state index contributed by atoms with van der Waals surface area (Å²) in [6.45, 7) is 1.86. The summed E-state index contributed by atoms with van der Waals surface area (Å²) in [4.78, 5) is 23.0. The van der Waals surface area contributed by atoms with Crippen molar-refractivity contribution in [3.8, 4) is 0 Å². The maximum absolute atomic E-state index is 11.7. The van der Waals surface area contributed by atoms with Crippen LogP contribution in [0.2, 0.25) is 0 Å². The third-order valence-corrected chi connectivity index (χ3v) is 2.90. The first-order valence-electron chi connectivity index (χ1n) is 6.12. The minimum atomic E-state index is -0.421. The quantitative estimate of drug-likeness (QED) is 0.867. The van der Waals surface area contributed by atoms with E-state index in [0.717, 1.165) is 0 Å². The van der Waals surface area contributed by atoms with Crippen LogP contribution in [0.3, 0.4) is 0 Å². The second kappa shape index (κ2) is 5.27. The van der Waals surface area contributed by atoms with Crippen LogP contribution in [0.1, 0.15) is 19.8 Å². The molecule has 1 aromatic carbocycles. The van der Waals surface area contributed by atoms with Crippen molar-refractivity contribution in [2.45, 2.75) is 25.8 Å². The monoisotopic (exact) mass is 263 g/mol. The lowest BCUT2D eigenvalue weighted by atomic mass is 10.2. The van der Waals surface area contributed by atoms with Crippen LogP contribution in [0.25, 0.3) is 11.1 Å². The van der Waals surface area contributed by atoms with Gasteiger partial charge in [0, 0.05) is 25.2 Å². The molecule has 2 aromatic rings. The third kappa shape index (κ3) is 3.03. The van der Waals surface area contributed by atoms with E-state index in [1.807, 2.05) is 6.92 Å². The molecule has 3 N–H and O–H groups in total. The maximum atomic E-state index is 11.7. The first-order chi connectivity index (χ1) is 8.97. The van der Waals surface area contributed by atoms with E-state index < -0.39 is 5.76 Å². The van der Waals surface area contributed by atoms with Gasteiger partial charge >= 0.3 is 5.76 Å². The molecule has 0 saturated carbocycles. The second-order valence-corrected chi connectivity index (χ2v) is 4.67. The summed E-state index contributed by atoms with van der Waals surface area (Å²) in [5, 5.41) is 2.77. The fraction of sp³-hybridized carbons (Fsp3) is 0.385. The van der Waals surface area contributed by atoms with E-state index in [1.165, 1.54) is 4.57 Å². The highest BCUT2D eigenvalue weighted by Gasteiger charge is 2.08. The molecule has 1 heterocycles. The number of nitrogens with one attached hydrogen (secondary N) is 1. The number of aromatic nitrogens is 1. The van der Waals surface area contributed by atoms with Crippen LogP contribution < -0.4 is 16.8 Å². The topological polar surface area (TPSA) is 90.3 Å². The van der Waals surface area contributed by atoms with Crippen molar-refractivity contribution in [1.29, 1.82) is 0 Å². The molecule has 0 saturated heterocycles. The number of carbonyl (C=O) groups is 1. The zero-order valence-electron chi connectivity index (χ0n) is 11.0. The molecule has 6 nitrogen and oxygen atoms in total. The number of carbonyl (C=O) groups excluding carboxylic acids is 1. The smallest absolute Gasteiger partial charge is 0.408 e. The third-order valence-electron chi connectivity index (χ3n) is 2.90. The minimum Gasteiger partial charge on any atom is -0.408 e. The highest BCUT2D eigenvalue weighted by molar-refractivity contribution is 5.92. The largest absolute Gasteiger partial charge is 0.419 e. The number of benzene rings is 1. The Labute approximate surface area is 110 Å². The normalized spacial score (nSPS) is 12.6. The summed E-state index contributed by atoms with van der Waals surface area (Å²) in [5.41, 5.74) is 7.39. The van der Waals surface area contributed by atoms with Gasteiger partial charge in [0.1, 0.15) is 0 Å². The van der Waals surface area contributed by atoms with Gasteiger partial charge in [0.25, 0.3) is 0 Å². The first kappa shape index (κ1) is 13.4. The predicted molar refractivity (Wildman–Crippen MR) is 73.0 cm³/mol. The summed E-state index contributed by atoms with van der Waals surface area (Å²) in [6, 6.07) is 5.08. The number of nitrogens with zero attached hydrogens (tertiary/aromatic N) is 1. The molecular weight excluding hydrogens is 246 g/mol. The Balaban J connectivity index is 2.15. The summed E-state index contributed by atoms with van der Waals surface area (Å²) < 4.78 is 6.41. The standard InChI is InChI=1S/C13H17N3O3/c1-8(14)3-6-12(17)15-9-4-5-11-10(7-9)16(2)13(18)19-11/h4-5,7-8H,3,6,14H2,1-2H3,(H,15,17). The summed E-state index contributed by atoms with van der Waals surface area (Å²) in [5.74, 6) is -0.513. The van der Waals surface area contributed by atoms with E-state index in [1.54, 1.807) is 25.2 Å². The Morgan fingerprint density at radius 2 is 2.26 bits per heavy atom. The molecule has 0 aliphatic rings. The molecule has 102 valence electrons. The van der Waals surface area contributed by atoms with Crippen molar-refractivity contribution >= 4 is 22.7 Å². The molecule has 1 unspecified atom stereocenters. The van der Waals surface area contributed by atoms with Crippen LogP contribution in [0.4, 0.5) is 5.69 Å². The summed E-state index contributed by atoms with van der Waals surface area (Å²) in [7, 11) is 1.62. The van der Waals surface area contributed by atoms with Crippen LogP contribution in [-0.2, 0) is 11.8 Å². The van der Waals surface area contributed by atoms with Gasteiger partial charge in [-0.2, -0.15) is 0 Å². The minimum absolute atomic E-state index is 0.00271. The van der Waals surface area contributed by atoms with E-state index in [2.05, 4.69) is 5.32 Å². The molecule has 0 spiro atoms. The molecule has 0 aliphatic carbocycles. The Morgan fingerprint density at radius 3 is 2.95 bits per heavy atom. The first-order valence-corrected chi connectivity index (χ1v) is 6.12. The van der Waals surface area contributed by atoms with Crippen LogP contribution in [0.5, 0.6) is 0 Å². The molecule has 2 rings (SSSR count). The van der Waals surface area contributed by atoms with Crippen molar-refractivity contribution in [3.05, 3.63) is 28.7 Å². The van der Waals surface area contributed by atoms with Crippen molar-refractivity contribution in [2.75, 3.05) is 5.32 Å². The lowest BCUT2D eigenvalue weighted by Crippen LogP contribution is -2.19. The van der Waals surface area contributed by atoms with Gasteiger partial charge < -0.3 is 15.5 Å². The van der Waals surface area contributed by atoms with E-state index >= 15 is 0 Å². The van der Waals surface area contributed by atoms with Crippen LogP contribution in [-0.4, -0.2) is 16.5 Å². The fourth-order valence-electron chi connectivity index (χ4n) is 1.79. The highest BCUT2D eigenvalue weighted by Crippen LogP contribution is 2.18. The molecule has 6 heteroatoms. The number of rotatable bonds is 4. The molecule has 0 radical (unpaired) electrons. The summed E-state index contributed by atoms with van der Waals surface area (Å²) in [6.07, 6.45) is 1.01. The lowest BCUT2D eigenvalue weighted by molar-refractivity contribution is -0.116. The molecule has 1 aromatic heterocycles. The zero-order chi connectivity index (χ0) is 14.0. The number of hydrogen-bond donors (Lipinski definition) is 2. The Kier molecular flexibility index (Phi) is 3.71. The van der Waals surface area contributed by atoms with Gasteiger partial charge in [-0.15, -0.1) is 0 Å². The van der Waals surface area contributed by atoms with Gasteiger partial charge in [0.05, 0.1) is 5.52 Å². The molecule has 0 bridgehead atoms. The van der Waals surface area contributed by atoms with E-state index in [9.17, 15) is 9.59 Å². The molecule has 0 aliphatic heterocycles. The van der Waals surface area contributed by atoms with Crippen LogP contribution in [0, 0.1) is 0 Å². The number of fused-ring (bicyclic) bond motifs is 1. The van der Waals surface area contributed by atoms with Gasteiger partial charge in [-0.3, -0.25) is 9.36 Å². The highest BCUT2D eigenvalue weighted by atomic mass is 16.4. The van der Waals surface area contributed by atoms with Crippen molar-refractivity contribution in [3.63, 3.8) is 0 Å². The van der Waals surface area contributed by atoms with Gasteiger partial charge in [-0.05, 0) is 31.5 Å². The van der Waals surface area contributed by atoms with Crippen molar-refractivity contribution in [1.82, 2.24) is 4.57 Å². The number of anilines is 1. The Morgan fingerprint density at radius 1 is 1.53 bits per heavy atom. The van der Waals surface area contributed by atoms with Gasteiger partial charge in [-0.1, -0.05) is 0 Å². The molecule has 0 fully saturated rings. The lowest BCUT2D eigenvalue weighted by Gasteiger charge is -2.07. The maximum Gasteiger partial charge on any atom is 0.419 e. The summed E-state index contributed by atoms with van der Waals surface area (Å²) >= 11 is 0. The predicted octanol–water partition coefficient (Wildman–Crippen LogP) is 1.20. The average molecular weight is 263 g/mol. The van der Waals surface area contributed by atoms with E-state index in [-0.39, 0.29) is 11.9 Å². The second-order valence-electron chi connectivity index (χ2n) is 4.67. The average Bonchev–Trinajstić information content (AvgIpc) is 2.63. The van der Waals surface area contributed by atoms with Gasteiger partial charge in [0.2, 0.25) is 5.91 Å². The van der Waals surface area contributed by atoms with E-state index in [0.29, 0.717) is 29.6 Å². The molecular formula is C13H17N3O3. The van der Waals surface area contributed by atoms with Crippen LogP contribution >= 0.6 is 0 Å². The Hall–Kier alpha value is -2.08. The molecule has 19 heavy (non-hydrogen) atoms. The van der Waals surface area contributed by atoms with Crippen molar-refractivity contribution in [2.24, 2.45) is 12.8 Å². The van der Waals surface area contributed by atoms with Crippen LogP contribution in [0.15, 0.2) is 27.4 Å². The van der Waals surface area contributed by atoms with E-state index in [4.69, 9.17) is 10.2 Å². The van der Waals surface area contributed by atoms with Gasteiger partial charge in [0.15, 0.2) is 5.58 Å². The number of oxazole rings is 1. The molecule has 1 atom stereocenters. The zero-order valence-corrected chi connectivity index (χ0v) is 11.0. The van der Waals surface area contributed by atoms with Crippen molar-refractivity contribution < 1.29 is 9.21 Å². The number of nitrogens with two attached hydrogens (primary N) is 1. The number of amides is 1. The van der Waals surface area contributed by atoms with Gasteiger partial charge in [-0.25, -0.2) is 4.79 Å². The fourth-order valence-corrected chi connectivity index (χ4v) is 1.79. The Bertz CT molecular complexity index is 655.